The molecule has 1 aliphatic rings. The minimum atomic E-state index is 0.160. The molecule has 0 aromatic heterocycles. The maximum atomic E-state index is 12.0. The second-order valence-electron chi connectivity index (χ2n) is 5.67. The Morgan fingerprint density at radius 2 is 2.12 bits per heavy atom. The van der Waals surface area contributed by atoms with E-state index in [1.54, 1.807) is 11.8 Å². The number of rotatable bonds is 2. The first-order valence-corrected chi connectivity index (χ1v) is 6.95. The molecule has 2 atom stereocenters. The van der Waals surface area contributed by atoms with Crippen molar-refractivity contribution in [2.75, 3.05) is 18.8 Å². The van der Waals surface area contributed by atoms with Crippen LogP contribution in [0.25, 0.3) is 0 Å². The number of nitrogens with two attached hydrogens (primary N) is 1. The van der Waals surface area contributed by atoms with Crippen LogP contribution in [0.4, 0.5) is 0 Å². The van der Waals surface area contributed by atoms with Crippen LogP contribution in [0.2, 0.25) is 0 Å². The van der Waals surface area contributed by atoms with Crippen LogP contribution in [0.1, 0.15) is 34.1 Å². The molecule has 1 saturated heterocycles. The zero-order chi connectivity index (χ0) is 12.3. The van der Waals surface area contributed by atoms with E-state index >= 15 is 0 Å². The number of nitrogens with zero attached hydrogens (tertiary/aromatic N) is 1. The maximum absolute atomic E-state index is 12.0. The van der Waals surface area contributed by atoms with Gasteiger partial charge in [-0.15, -0.1) is 11.8 Å². The molecule has 1 amide bonds. The lowest BCUT2D eigenvalue weighted by molar-refractivity contribution is -0.130. The van der Waals surface area contributed by atoms with E-state index in [2.05, 4.69) is 27.7 Å². The van der Waals surface area contributed by atoms with Crippen molar-refractivity contribution in [3.8, 4) is 0 Å². The molecule has 2 unspecified atom stereocenters. The lowest BCUT2D eigenvalue weighted by atomic mass is 9.95. The second kappa shape index (κ2) is 5.41. The van der Waals surface area contributed by atoms with Gasteiger partial charge in [0.05, 0.1) is 5.75 Å². The van der Waals surface area contributed by atoms with E-state index in [0.29, 0.717) is 11.7 Å². The fraction of sp³-hybridized carbons (Fsp3) is 0.917. The van der Waals surface area contributed by atoms with Crippen LogP contribution in [0, 0.1) is 5.92 Å². The van der Waals surface area contributed by atoms with Crippen LogP contribution in [-0.2, 0) is 4.79 Å². The highest BCUT2D eigenvalue weighted by Crippen LogP contribution is 2.24. The summed E-state index contributed by atoms with van der Waals surface area (Å²) >= 11 is 1.71. The highest BCUT2D eigenvalue weighted by atomic mass is 32.2. The van der Waals surface area contributed by atoms with Crippen molar-refractivity contribution < 1.29 is 4.79 Å². The molecule has 1 rings (SSSR count). The van der Waals surface area contributed by atoms with E-state index in [-0.39, 0.29) is 16.7 Å². The summed E-state index contributed by atoms with van der Waals surface area (Å²) in [4.78, 5) is 13.9. The van der Waals surface area contributed by atoms with Crippen molar-refractivity contribution >= 4 is 17.7 Å². The first kappa shape index (κ1) is 13.8. The molecule has 0 saturated carbocycles. The zero-order valence-corrected chi connectivity index (χ0v) is 11.6. The van der Waals surface area contributed by atoms with E-state index in [1.165, 1.54) is 0 Å². The summed E-state index contributed by atoms with van der Waals surface area (Å²) in [6.07, 6.45) is 0.938. The third kappa shape index (κ3) is 4.34. The summed E-state index contributed by atoms with van der Waals surface area (Å²) in [5, 5.41) is 0. The van der Waals surface area contributed by atoms with Gasteiger partial charge in [-0.2, -0.15) is 0 Å². The standard InChI is InChI=1S/C12H24N2OS/c1-9-7-14(6-5-10(9)13)11(15)8-16-12(2,3)4/h9-10H,5-8,13H2,1-4H3. The third-order valence-electron chi connectivity index (χ3n) is 2.95. The number of carbonyl (C=O) groups is 1. The van der Waals surface area contributed by atoms with Gasteiger partial charge < -0.3 is 10.6 Å². The molecule has 16 heavy (non-hydrogen) atoms. The maximum Gasteiger partial charge on any atom is 0.232 e. The van der Waals surface area contributed by atoms with Crippen LogP contribution >= 0.6 is 11.8 Å². The van der Waals surface area contributed by atoms with Gasteiger partial charge in [0.25, 0.3) is 0 Å². The zero-order valence-electron chi connectivity index (χ0n) is 10.8. The Bertz CT molecular complexity index is 250. The van der Waals surface area contributed by atoms with Gasteiger partial charge in [0, 0.05) is 23.9 Å². The lowest BCUT2D eigenvalue weighted by Gasteiger charge is -2.35. The Morgan fingerprint density at radius 3 is 2.62 bits per heavy atom. The third-order valence-corrected chi connectivity index (χ3v) is 4.21. The Kier molecular flexibility index (Phi) is 4.68. The summed E-state index contributed by atoms with van der Waals surface area (Å²) in [5.74, 6) is 1.28. The lowest BCUT2D eigenvalue weighted by Crippen LogP contribution is -2.48. The average molecular weight is 244 g/mol. The van der Waals surface area contributed by atoms with E-state index < -0.39 is 0 Å². The molecule has 0 aliphatic carbocycles. The predicted molar refractivity (Wildman–Crippen MR) is 70.5 cm³/mol. The SMILES string of the molecule is CC1CN(C(=O)CSC(C)(C)C)CCC1N. The molecule has 4 heteroatoms. The molecule has 94 valence electrons. The summed E-state index contributed by atoms with van der Waals surface area (Å²) in [6.45, 7) is 10.2. The molecular formula is C12H24N2OS. The van der Waals surface area contributed by atoms with Crippen molar-refractivity contribution in [3.05, 3.63) is 0 Å². The van der Waals surface area contributed by atoms with Gasteiger partial charge >= 0.3 is 0 Å². The summed E-state index contributed by atoms with van der Waals surface area (Å²) in [6, 6.07) is 0.263. The number of carbonyl (C=O) groups excluding carboxylic acids is 1. The van der Waals surface area contributed by atoms with Gasteiger partial charge in [-0.3, -0.25) is 4.79 Å². The molecule has 2 N–H and O–H groups in total. The van der Waals surface area contributed by atoms with Crippen LogP contribution in [-0.4, -0.2) is 40.4 Å². The number of piperidine rings is 1. The molecule has 0 aromatic rings. The minimum Gasteiger partial charge on any atom is -0.342 e. The first-order valence-electron chi connectivity index (χ1n) is 5.97. The largest absolute Gasteiger partial charge is 0.342 e. The quantitative estimate of drug-likeness (QED) is 0.804. The highest BCUT2D eigenvalue weighted by Gasteiger charge is 2.26. The van der Waals surface area contributed by atoms with Gasteiger partial charge in [0.2, 0.25) is 5.91 Å². The minimum absolute atomic E-state index is 0.160. The van der Waals surface area contributed by atoms with Crippen molar-refractivity contribution in [2.24, 2.45) is 11.7 Å². The molecule has 0 radical (unpaired) electrons. The molecule has 3 nitrogen and oxygen atoms in total. The van der Waals surface area contributed by atoms with E-state index in [1.807, 2.05) is 4.90 Å². The van der Waals surface area contributed by atoms with Gasteiger partial charge in [-0.1, -0.05) is 27.7 Å². The second-order valence-corrected chi connectivity index (χ2v) is 7.47. The number of thioether (sulfide) groups is 1. The van der Waals surface area contributed by atoms with Crippen molar-refractivity contribution in [1.82, 2.24) is 4.90 Å². The van der Waals surface area contributed by atoms with Crippen LogP contribution in [0.5, 0.6) is 0 Å². The van der Waals surface area contributed by atoms with Gasteiger partial charge in [0.1, 0.15) is 0 Å². The summed E-state index contributed by atoms with van der Waals surface area (Å²) < 4.78 is 0.160. The number of amides is 1. The van der Waals surface area contributed by atoms with Gasteiger partial charge in [0.15, 0.2) is 0 Å². The number of likely N-dealkylation sites (tertiary alicyclic amines) is 1. The van der Waals surface area contributed by atoms with Crippen LogP contribution in [0.3, 0.4) is 0 Å². The molecular weight excluding hydrogens is 220 g/mol. The molecule has 1 heterocycles. The van der Waals surface area contributed by atoms with Crippen molar-refractivity contribution in [1.29, 1.82) is 0 Å². The Hall–Kier alpha value is -0.220. The Morgan fingerprint density at radius 1 is 1.50 bits per heavy atom. The monoisotopic (exact) mass is 244 g/mol. The van der Waals surface area contributed by atoms with Crippen molar-refractivity contribution in [2.45, 2.75) is 44.9 Å². The van der Waals surface area contributed by atoms with Crippen molar-refractivity contribution in [3.63, 3.8) is 0 Å². The van der Waals surface area contributed by atoms with E-state index in [4.69, 9.17) is 5.73 Å². The van der Waals surface area contributed by atoms with Gasteiger partial charge in [-0.25, -0.2) is 0 Å². The van der Waals surface area contributed by atoms with Gasteiger partial charge in [-0.05, 0) is 12.3 Å². The van der Waals surface area contributed by atoms with Crippen LogP contribution < -0.4 is 5.73 Å². The van der Waals surface area contributed by atoms with E-state index in [0.717, 1.165) is 19.5 Å². The topological polar surface area (TPSA) is 46.3 Å². The molecule has 0 bridgehead atoms. The highest BCUT2D eigenvalue weighted by molar-refractivity contribution is 8.01. The number of hydrogen-bond donors (Lipinski definition) is 1. The first-order chi connectivity index (χ1) is 7.29. The smallest absolute Gasteiger partial charge is 0.232 e. The summed E-state index contributed by atoms with van der Waals surface area (Å²) in [7, 11) is 0. The fourth-order valence-electron chi connectivity index (χ4n) is 1.76. The summed E-state index contributed by atoms with van der Waals surface area (Å²) in [5.41, 5.74) is 5.94. The molecule has 1 fully saturated rings. The Balaban J connectivity index is 2.38. The Labute approximate surface area is 103 Å². The normalized spacial score (nSPS) is 26.9. The average Bonchev–Trinajstić information content (AvgIpc) is 2.17. The van der Waals surface area contributed by atoms with Crippen LogP contribution in [0.15, 0.2) is 0 Å². The van der Waals surface area contributed by atoms with E-state index in [9.17, 15) is 4.79 Å². The fourth-order valence-corrected chi connectivity index (χ4v) is 2.50. The number of hydrogen-bond acceptors (Lipinski definition) is 3. The molecule has 0 spiro atoms. The predicted octanol–water partition coefficient (Wildman–Crippen LogP) is 1.71. The molecule has 0 aromatic carbocycles. The molecule has 1 aliphatic heterocycles.